The van der Waals surface area contributed by atoms with E-state index in [1.807, 2.05) is 24.3 Å². The molecule has 3 aromatic carbocycles. The number of terminal acetylenes is 1. The number of para-hydroxylation sites is 3. The molecule has 3 aromatic rings. The lowest BCUT2D eigenvalue weighted by molar-refractivity contribution is 0.0224. The van der Waals surface area contributed by atoms with Gasteiger partial charge in [0.1, 0.15) is 26.4 Å². The largest absolute Gasteiger partial charge is 0.487 e. The molecule has 0 unspecified atom stereocenters. The van der Waals surface area contributed by atoms with E-state index in [1.165, 1.54) is 0 Å². The fraction of sp³-hybridized carbons (Fsp3) is 0.364. The number of hydrogen-bond donors (Lipinski definition) is 1. The standard InChI is InChI=1S/C33H37NO9/c1-2-26-10-12-27(13-11-26)33(35)34-28-6-5-9-31-32(28)43-25-21-39-17-16-37-19-23-41-30-8-4-3-7-29(30)40-22-18-36-14-15-38-20-24-42-31/h1,3-13H,14-25H2,(H,34,35). The van der Waals surface area contributed by atoms with Gasteiger partial charge in [-0.15, -0.1) is 6.42 Å². The van der Waals surface area contributed by atoms with Crippen LogP contribution in [0.5, 0.6) is 23.0 Å². The van der Waals surface area contributed by atoms with Gasteiger partial charge in [-0.1, -0.05) is 24.1 Å². The summed E-state index contributed by atoms with van der Waals surface area (Å²) in [5.74, 6) is 4.40. The highest BCUT2D eigenvalue weighted by Gasteiger charge is 2.15. The molecule has 43 heavy (non-hydrogen) atoms. The van der Waals surface area contributed by atoms with Crippen molar-refractivity contribution in [3.63, 3.8) is 0 Å². The summed E-state index contributed by atoms with van der Waals surface area (Å²) in [4.78, 5) is 12.9. The van der Waals surface area contributed by atoms with Gasteiger partial charge in [-0.25, -0.2) is 0 Å². The third kappa shape index (κ3) is 10.8. The van der Waals surface area contributed by atoms with Crippen molar-refractivity contribution in [1.29, 1.82) is 0 Å². The van der Waals surface area contributed by atoms with E-state index in [4.69, 9.17) is 44.3 Å². The van der Waals surface area contributed by atoms with Crippen LogP contribution in [0.4, 0.5) is 5.69 Å². The maximum absolute atomic E-state index is 12.9. The van der Waals surface area contributed by atoms with Crippen molar-refractivity contribution in [2.75, 3.05) is 84.6 Å². The zero-order valence-electron chi connectivity index (χ0n) is 24.1. The van der Waals surface area contributed by atoms with Crippen LogP contribution >= 0.6 is 0 Å². The quantitative estimate of drug-likeness (QED) is 0.439. The predicted molar refractivity (Wildman–Crippen MR) is 160 cm³/mol. The summed E-state index contributed by atoms with van der Waals surface area (Å²) in [7, 11) is 0. The molecule has 10 nitrogen and oxygen atoms in total. The van der Waals surface area contributed by atoms with Crippen LogP contribution in [0.15, 0.2) is 66.7 Å². The fourth-order valence-electron chi connectivity index (χ4n) is 3.96. The summed E-state index contributed by atoms with van der Waals surface area (Å²) in [5, 5.41) is 2.91. The minimum Gasteiger partial charge on any atom is -0.487 e. The molecule has 1 heterocycles. The van der Waals surface area contributed by atoms with E-state index in [9.17, 15) is 4.79 Å². The molecular formula is C33H37NO9. The number of fused-ring (bicyclic) bond motifs is 2. The summed E-state index contributed by atoms with van der Waals surface area (Å²) in [6, 6.07) is 19.6. The van der Waals surface area contributed by atoms with Crippen molar-refractivity contribution in [2.45, 2.75) is 0 Å². The molecule has 0 spiro atoms. The zero-order chi connectivity index (χ0) is 30.0. The van der Waals surface area contributed by atoms with E-state index in [1.54, 1.807) is 42.5 Å². The lowest BCUT2D eigenvalue weighted by atomic mass is 10.1. The summed E-state index contributed by atoms with van der Waals surface area (Å²) >= 11 is 0. The number of amides is 1. The van der Waals surface area contributed by atoms with Gasteiger partial charge in [-0.2, -0.15) is 0 Å². The number of carbonyl (C=O) groups is 1. The van der Waals surface area contributed by atoms with Gasteiger partial charge in [-0.3, -0.25) is 4.79 Å². The van der Waals surface area contributed by atoms with Gasteiger partial charge in [-0.05, 0) is 48.5 Å². The van der Waals surface area contributed by atoms with Crippen molar-refractivity contribution in [3.8, 4) is 35.3 Å². The molecule has 0 bridgehead atoms. The van der Waals surface area contributed by atoms with Gasteiger partial charge >= 0.3 is 0 Å². The van der Waals surface area contributed by atoms with E-state index in [0.717, 1.165) is 0 Å². The van der Waals surface area contributed by atoms with Crippen molar-refractivity contribution < 1.29 is 42.7 Å². The van der Waals surface area contributed by atoms with Gasteiger partial charge in [0.25, 0.3) is 5.91 Å². The normalized spacial score (nSPS) is 16.2. The third-order valence-electron chi connectivity index (χ3n) is 6.06. The zero-order valence-corrected chi connectivity index (χ0v) is 24.1. The molecule has 1 aliphatic heterocycles. The average Bonchev–Trinajstić information content (AvgIpc) is 3.03. The second-order valence-electron chi connectivity index (χ2n) is 9.10. The molecule has 1 N–H and O–H groups in total. The average molecular weight is 592 g/mol. The Bertz CT molecular complexity index is 1310. The molecule has 0 radical (unpaired) electrons. The molecule has 0 aromatic heterocycles. The molecule has 1 aliphatic rings. The number of carbonyl (C=O) groups excluding carboxylic acids is 1. The summed E-state index contributed by atoms with van der Waals surface area (Å²) in [5.41, 5.74) is 1.62. The van der Waals surface area contributed by atoms with Gasteiger partial charge < -0.3 is 43.2 Å². The summed E-state index contributed by atoms with van der Waals surface area (Å²) in [6.07, 6.45) is 5.43. The highest BCUT2D eigenvalue weighted by molar-refractivity contribution is 6.05. The highest BCUT2D eigenvalue weighted by Crippen LogP contribution is 2.36. The molecule has 1 amide bonds. The van der Waals surface area contributed by atoms with Crippen LogP contribution in [0.2, 0.25) is 0 Å². The van der Waals surface area contributed by atoms with Crippen LogP contribution < -0.4 is 24.3 Å². The Labute approximate surface area is 252 Å². The minimum atomic E-state index is -0.306. The van der Waals surface area contributed by atoms with Crippen molar-refractivity contribution >= 4 is 11.6 Å². The molecular weight excluding hydrogens is 554 g/mol. The monoisotopic (exact) mass is 591 g/mol. The Morgan fingerprint density at radius 3 is 1.56 bits per heavy atom. The topological polar surface area (TPSA) is 103 Å². The van der Waals surface area contributed by atoms with E-state index < -0.39 is 0 Å². The number of hydrogen-bond acceptors (Lipinski definition) is 9. The molecule has 10 heteroatoms. The SMILES string of the molecule is C#Cc1ccc(C(=O)Nc2cccc3c2OCCOCCOCCOc2ccccc2OCCOCCOCCO3)cc1. The Morgan fingerprint density at radius 2 is 1.02 bits per heavy atom. The smallest absolute Gasteiger partial charge is 0.255 e. The van der Waals surface area contributed by atoms with Crippen LogP contribution in [0.25, 0.3) is 0 Å². The van der Waals surface area contributed by atoms with E-state index in [0.29, 0.717) is 106 Å². The molecule has 0 fully saturated rings. The highest BCUT2D eigenvalue weighted by atomic mass is 16.6. The molecule has 228 valence electrons. The van der Waals surface area contributed by atoms with Crippen LogP contribution in [0.3, 0.4) is 0 Å². The second kappa shape index (κ2) is 18.3. The molecule has 0 atom stereocenters. The van der Waals surface area contributed by atoms with E-state index >= 15 is 0 Å². The first-order valence-electron chi connectivity index (χ1n) is 14.2. The maximum Gasteiger partial charge on any atom is 0.255 e. The first kappa shape index (κ1) is 31.7. The first-order valence-corrected chi connectivity index (χ1v) is 14.2. The number of anilines is 1. The van der Waals surface area contributed by atoms with E-state index in [2.05, 4.69) is 11.2 Å². The maximum atomic E-state index is 12.9. The van der Waals surface area contributed by atoms with Crippen LogP contribution in [0.1, 0.15) is 15.9 Å². The molecule has 0 aliphatic carbocycles. The number of ether oxygens (including phenoxy) is 8. The second-order valence-corrected chi connectivity index (χ2v) is 9.10. The van der Waals surface area contributed by atoms with Gasteiger partial charge in [0, 0.05) is 11.1 Å². The molecule has 4 rings (SSSR count). The lowest BCUT2D eigenvalue weighted by Crippen LogP contribution is -2.17. The number of nitrogens with one attached hydrogen (secondary N) is 1. The van der Waals surface area contributed by atoms with Crippen molar-refractivity contribution in [1.82, 2.24) is 0 Å². The first-order chi connectivity index (χ1) is 21.2. The molecule has 0 saturated carbocycles. The summed E-state index contributed by atoms with van der Waals surface area (Å²) in [6.45, 7) is 4.31. The number of benzene rings is 3. The summed E-state index contributed by atoms with van der Waals surface area (Å²) < 4.78 is 46.2. The van der Waals surface area contributed by atoms with E-state index in [-0.39, 0.29) is 19.1 Å². The number of rotatable bonds is 2. The fourth-order valence-corrected chi connectivity index (χ4v) is 3.96. The van der Waals surface area contributed by atoms with Gasteiger partial charge in [0.05, 0.1) is 58.5 Å². The molecule has 0 saturated heterocycles. The Kier molecular flexibility index (Phi) is 13.5. The van der Waals surface area contributed by atoms with Crippen molar-refractivity contribution in [2.24, 2.45) is 0 Å². The van der Waals surface area contributed by atoms with Crippen LogP contribution in [0, 0.1) is 12.3 Å². The van der Waals surface area contributed by atoms with Crippen molar-refractivity contribution in [3.05, 3.63) is 77.9 Å². The Morgan fingerprint density at radius 1 is 0.558 bits per heavy atom. The van der Waals surface area contributed by atoms with Gasteiger partial charge in [0.15, 0.2) is 23.0 Å². The minimum absolute atomic E-state index is 0.230. The van der Waals surface area contributed by atoms with Gasteiger partial charge in [0.2, 0.25) is 0 Å². The Hall–Kier alpha value is -4.27. The Balaban J connectivity index is 1.34. The predicted octanol–water partition coefficient (Wildman–Crippen LogP) is 4.22. The lowest BCUT2D eigenvalue weighted by Gasteiger charge is -2.17. The van der Waals surface area contributed by atoms with Crippen LogP contribution in [-0.4, -0.2) is 85.2 Å². The third-order valence-corrected chi connectivity index (χ3v) is 6.06. The van der Waals surface area contributed by atoms with Crippen LogP contribution in [-0.2, 0) is 18.9 Å².